The second-order valence-electron chi connectivity index (χ2n) is 7.21. The van der Waals surface area contributed by atoms with Crippen LogP contribution in [0.3, 0.4) is 0 Å². The van der Waals surface area contributed by atoms with Crippen LogP contribution < -0.4 is 0 Å². The van der Waals surface area contributed by atoms with Crippen LogP contribution >= 0.6 is 0 Å². The van der Waals surface area contributed by atoms with Crippen molar-refractivity contribution in [3.63, 3.8) is 0 Å². The molecule has 1 aromatic heterocycles. The second kappa shape index (κ2) is 7.32. The van der Waals surface area contributed by atoms with E-state index in [1.165, 1.54) is 0 Å². The summed E-state index contributed by atoms with van der Waals surface area (Å²) in [6.45, 7) is 6.47. The van der Waals surface area contributed by atoms with Crippen molar-refractivity contribution in [3.05, 3.63) is 52.8 Å². The lowest BCUT2D eigenvalue weighted by molar-refractivity contribution is -0.141. The number of benzene rings is 1. The molecule has 1 atom stereocenters. The Kier molecular flexibility index (Phi) is 5.11. The zero-order valence-corrected chi connectivity index (χ0v) is 15.5. The quantitative estimate of drug-likeness (QED) is 0.829. The zero-order chi connectivity index (χ0) is 18.8. The van der Waals surface area contributed by atoms with Crippen molar-refractivity contribution in [2.75, 3.05) is 6.54 Å². The molecule has 2 aromatic rings. The van der Waals surface area contributed by atoms with E-state index in [1.807, 2.05) is 42.8 Å². The van der Waals surface area contributed by atoms with Gasteiger partial charge in [-0.05, 0) is 50.5 Å². The molecule has 1 aliphatic rings. The molecule has 1 amide bonds. The van der Waals surface area contributed by atoms with Gasteiger partial charge < -0.3 is 10.0 Å². The Bertz CT molecular complexity index is 823. The molecule has 0 radical (unpaired) electrons. The van der Waals surface area contributed by atoms with Gasteiger partial charge in [0.25, 0.3) is 5.91 Å². The van der Waals surface area contributed by atoms with E-state index in [-0.39, 0.29) is 18.5 Å². The minimum absolute atomic E-state index is 0.0872. The molecular weight excluding hydrogens is 330 g/mol. The number of carbonyl (C=O) groups is 2. The van der Waals surface area contributed by atoms with Crippen LogP contribution in [0.15, 0.2) is 30.3 Å². The van der Waals surface area contributed by atoms with Crippen LogP contribution in [0.5, 0.6) is 0 Å². The average molecular weight is 355 g/mol. The molecule has 0 saturated heterocycles. The van der Waals surface area contributed by atoms with Crippen LogP contribution in [-0.4, -0.2) is 44.3 Å². The van der Waals surface area contributed by atoms with E-state index >= 15 is 0 Å². The first-order chi connectivity index (χ1) is 12.3. The van der Waals surface area contributed by atoms with Gasteiger partial charge in [-0.15, -0.1) is 0 Å². The van der Waals surface area contributed by atoms with Crippen molar-refractivity contribution < 1.29 is 14.7 Å². The summed E-state index contributed by atoms with van der Waals surface area (Å²) < 4.78 is 1.92. The van der Waals surface area contributed by atoms with Gasteiger partial charge in [0.15, 0.2) is 0 Å². The predicted molar refractivity (Wildman–Crippen MR) is 98.1 cm³/mol. The largest absolute Gasteiger partial charge is 0.481 e. The van der Waals surface area contributed by atoms with Gasteiger partial charge in [-0.3, -0.25) is 14.3 Å². The molecule has 1 unspecified atom stereocenters. The smallest absolute Gasteiger partial charge is 0.308 e. The number of carboxylic acids is 1. The van der Waals surface area contributed by atoms with Crippen molar-refractivity contribution in [1.82, 2.24) is 14.7 Å². The van der Waals surface area contributed by atoms with Crippen LogP contribution in [0.25, 0.3) is 0 Å². The van der Waals surface area contributed by atoms with Gasteiger partial charge in [0.2, 0.25) is 0 Å². The van der Waals surface area contributed by atoms with E-state index < -0.39 is 11.9 Å². The standard InChI is InChI=1S/C20H25N3O3/c1-13(20(25)26)11-22(18-7-8-18)19(24)17-6-4-5-16(10-17)12-23-15(3)9-14(2)21-23/h4-6,9-10,13,18H,7-8,11-12H2,1-3H3,(H,25,26). The molecule has 1 heterocycles. The monoisotopic (exact) mass is 355 g/mol. The molecule has 138 valence electrons. The van der Waals surface area contributed by atoms with E-state index in [0.29, 0.717) is 12.1 Å². The molecule has 1 aliphatic carbocycles. The van der Waals surface area contributed by atoms with E-state index in [1.54, 1.807) is 17.9 Å². The van der Waals surface area contributed by atoms with Gasteiger partial charge in [-0.25, -0.2) is 0 Å². The number of aryl methyl sites for hydroxylation is 2. The number of amides is 1. The minimum Gasteiger partial charge on any atom is -0.481 e. The number of aromatic nitrogens is 2. The fourth-order valence-corrected chi connectivity index (χ4v) is 3.13. The summed E-state index contributed by atoms with van der Waals surface area (Å²) in [5, 5.41) is 13.6. The molecule has 0 aliphatic heterocycles. The summed E-state index contributed by atoms with van der Waals surface area (Å²) >= 11 is 0. The number of aliphatic carboxylic acids is 1. The van der Waals surface area contributed by atoms with Gasteiger partial charge in [-0.2, -0.15) is 5.10 Å². The number of carbonyl (C=O) groups excluding carboxylic acids is 1. The molecule has 6 heteroatoms. The lowest BCUT2D eigenvalue weighted by atomic mass is 10.1. The van der Waals surface area contributed by atoms with Crippen molar-refractivity contribution in [1.29, 1.82) is 0 Å². The average Bonchev–Trinajstić information content (AvgIpc) is 3.38. The van der Waals surface area contributed by atoms with Crippen LogP contribution in [0.1, 0.15) is 47.1 Å². The van der Waals surface area contributed by atoms with Gasteiger partial charge in [-0.1, -0.05) is 19.1 Å². The number of carboxylic acid groups (broad SMARTS) is 1. The van der Waals surface area contributed by atoms with E-state index in [4.69, 9.17) is 0 Å². The SMILES string of the molecule is Cc1cc(C)n(Cc2cccc(C(=O)N(CC(C)C(=O)O)C3CC3)c2)n1. The van der Waals surface area contributed by atoms with E-state index in [9.17, 15) is 14.7 Å². The lowest BCUT2D eigenvalue weighted by Crippen LogP contribution is -2.38. The second-order valence-corrected chi connectivity index (χ2v) is 7.21. The van der Waals surface area contributed by atoms with Gasteiger partial charge in [0.1, 0.15) is 0 Å². The first-order valence-corrected chi connectivity index (χ1v) is 8.99. The van der Waals surface area contributed by atoms with Crippen molar-refractivity contribution in [2.45, 2.75) is 46.2 Å². The van der Waals surface area contributed by atoms with E-state index in [0.717, 1.165) is 29.8 Å². The molecule has 6 nitrogen and oxygen atoms in total. The molecule has 1 fully saturated rings. The highest BCUT2D eigenvalue weighted by atomic mass is 16.4. The molecular formula is C20H25N3O3. The fraction of sp³-hybridized carbons (Fsp3) is 0.450. The molecule has 0 bridgehead atoms. The first kappa shape index (κ1) is 18.2. The number of hydrogen-bond acceptors (Lipinski definition) is 3. The van der Waals surface area contributed by atoms with Crippen molar-refractivity contribution in [2.24, 2.45) is 5.92 Å². The first-order valence-electron chi connectivity index (χ1n) is 8.99. The maximum Gasteiger partial charge on any atom is 0.308 e. The van der Waals surface area contributed by atoms with Crippen LogP contribution in [0.4, 0.5) is 0 Å². The summed E-state index contributed by atoms with van der Waals surface area (Å²) in [4.78, 5) is 25.9. The van der Waals surface area contributed by atoms with Crippen LogP contribution in [0, 0.1) is 19.8 Å². The molecule has 3 rings (SSSR count). The number of rotatable bonds is 7. The fourth-order valence-electron chi connectivity index (χ4n) is 3.13. The topological polar surface area (TPSA) is 75.4 Å². The van der Waals surface area contributed by atoms with Crippen LogP contribution in [0.2, 0.25) is 0 Å². The van der Waals surface area contributed by atoms with Gasteiger partial charge >= 0.3 is 5.97 Å². The highest BCUT2D eigenvalue weighted by Gasteiger charge is 2.34. The summed E-state index contributed by atoms with van der Waals surface area (Å²) in [6.07, 6.45) is 1.90. The van der Waals surface area contributed by atoms with Gasteiger partial charge in [0.05, 0.1) is 18.2 Å². The maximum atomic E-state index is 13.0. The molecule has 0 spiro atoms. The molecule has 26 heavy (non-hydrogen) atoms. The van der Waals surface area contributed by atoms with E-state index in [2.05, 4.69) is 5.10 Å². The van der Waals surface area contributed by atoms with Gasteiger partial charge in [0, 0.05) is 23.8 Å². The van der Waals surface area contributed by atoms with Crippen LogP contribution in [-0.2, 0) is 11.3 Å². The molecule has 1 saturated carbocycles. The minimum atomic E-state index is -0.873. The molecule has 1 N–H and O–H groups in total. The Hall–Kier alpha value is -2.63. The zero-order valence-electron chi connectivity index (χ0n) is 15.5. The lowest BCUT2D eigenvalue weighted by Gasteiger charge is -2.24. The predicted octanol–water partition coefficient (Wildman–Crippen LogP) is 2.87. The third kappa shape index (κ3) is 4.12. The summed E-state index contributed by atoms with van der Waals surface area (Å²) in [5.74, 6) is -1.53. The highest BCUT2D eigenvalue weighted by Crippen LogP contribution is 2.29. The molecule has 1 aromatic carbocycles. The third-order valence-electron chi connectivity index (χ3n) is 4.75. The summed E-state index contributed by atoms with van der Waals surface area (Å²) in [7, 11) is 0. The third-order valence-corrected chi connectivity index (χ3v) is 4.75. The van der Waals surface area contributed by atoms with Crippen molar-refractivity contribution in [3.8, 4) is 0 Å². The Morgan fingerprint density at radius 2 is 2.04 bits per heavy atom. The number of nitrogens with zero attached hydrogens (tertiary/aromatic N) is 3. The number of hydrogen-bond donors (Lipinski definition) is 1. The summed E-state index contributed by atoms with van der Waals surface area (Å²) in [6, 6.07) is 9.74. The Labute approximate surface area is 153 Å². The normalized spacial score (nSPS) is 14.9. The highest BCUT2D eigenvalue weighted by molar-refractivity contribution is 5.95. The Balaban J connectivity index is 1.78. The Morgan fingerprint density at radius 3 is 2.62 bits per heavy atom. The maximum absolute atomic E-state index is 13.0. The van der Waals surface area contributed by atoms with Crippen molar-refractivity contribution >= 4 is 11.9 Å². The Morgan fingerprint density at radius 1 is 1.31 bits per heavy atom. The summed E-state index contributed by atoms with van der Waals surface area (Å²) in [5.41, 5.74) is 3.66.